The van der Waals surface area contributed by atoms with Gasteiger partial charge in [-0.25, -0.2) is 0 Å². The molecule has 0 bridgehead atoms. The van der Waals surface area contributed by atoms with E-state index in [0.29, 0.717) is 5.92 Å². The predicted octanol–water partition coefficient (Wildman–Crippen LogP) is 3.85. The summed E-state index contributed by atoms with van der Waals surface area (Å²) in [5, 5.41) is 7.41. The Balaban J connectivity index is 2.02. The average molecular weight is 309 g/mol. The molecule has 0 amide bonds. The van der Waals surface area contributed by atoms with Crippen molar-refractivity contribution >= 4 is 15.9 Å². The van der Waals surface area contributed by atoms with E-state index in [1.54, 1.807) is 0 Å². The maximum absolute atomic E-state index is 5.35. The Morgan fingerprint density at radius 2 is 2.17 bits per heavy atom. The zero-order valence-electron chi connectivity index (χ0n) is 10.6. The highest BCUT2D eigenvalue weighted by molar-refractivity contribution is 9.10. The van der Waals surface area contributed by atoms with Crippen molar-refractivity contribution in [2.45, 2.75) is 20.4 Å². The van der Waals surface area contributed by atoms with Crippen LogP contribution in [0.15, 0.2) is 39.3 Å². The molecule has 3 nitrogen and oxygen atoms in total. The summed E-state index contributed by atoms with van der Waals surface area (Å²) in [5.74, 6) is 1.44. The van der Waals surface area contributed by atoms with E-state index in [2.05, 4.69) is 40.3 Å². The minimum Gasteiger partial charge on any atom is -0.356 e. The van der Waals surface area contributed by atoms with E-state index < -0.39 is 0 Å². The van der Waals surface area contributed by atoms with Crippen LogP contribution in [0.25, 0.3) is 11.3 Å². The van der Waals surface area contributed by atoms with Crippen molar-refractivity contribution in [1.82, 2.24) is 10.5 Å². The third kappa shape index (κ3) is 3.68. The molecule has 4 heteroatoms. The van der Waals surface area contributed by atoms with Crippen LogP contribution in [0.5, 0.6) is 0 Å². The standard InChI is InChI=1S/C14H17BrN2O/c1-10(2)8-16-9-13-7-14(18-17-13)11-4-3-5-12(15)6-11/h3-7,10,16H,8-9H2,1-2H3. The number of hydrogen-bond acceptors (Lipinski definition) is 3. The van der Waals surface area contributed by atoms with E-state index in [1.807, 2.05) is 30.3 Å². The lowest BCUT2D eigenvalue weighted by molar-refractivity contribution is 0.418. The highest BCUT2D eigenvalue weighted by atomic mass is 79.9. The van der Waals surface area contributed by atoms with Crippen LogP contribution in [0.3, 0.4) is 0 Å². The Hall–Kier alpha value is -1.13. The van der Waals surface area contributed by atoms with E-state index in [4.69, 9.17) is 4.52 Å². The second-order valence-electron chi connectivity index (χ2n) is 4.72. The van der Waals surface area contributed by atoms with E-state index in [0.717, 1.165) is 34.6 Å². The molecule has 18 heavy (non-hydrogen) atoms. The van der Waals surface area contributed by atoms with Crippen LogP contribution in [0.4, 0.5) is 0 Å². The Bertz CT molecular complexity index is 508. The SMILES string of the molecule is CC(C)CNCc1cc(-c2cccc(Br)c2)on1. The first kappa shape index (κ1) is 13.3. The smallest absolute Gasteiger partial charge is 0.167 e. The zero-order chi connectivity index (χ0) is 13.0. The quantitative estimate of drug-likeness (QED) is 0.911. The maximum Gasteiger partial charge on any atom is 0.167 e. The van der Waals surface area contributed by atoms with E-state index in [-0.39, 0.29) is 0 Å². The fourth-order valence-corrected chi connectivity index (χ4v) is 2.06. The number of aromatic nitrogens is 1. The molecule has 0 aliphatic heterocycles. The topological polar surface area (TPSA) is 38.1 Å². The van der Waals surface area contributed by atoms with Crippen molar-refractivity contribution in [2.24, 2.45) is 5.92 Å². The molecule has 0 spiro atoms. The fraction of sp³-hybridized carbons (Fsp3) is 0.357. The van der Waals surface area contributed by atoms with Gasteiger partial charge in [0.2, 0.25) is 0 Å². The van der Waals surface area contributed by atoms with Gasteiger partial charge in [0.05, 0.1) is 5.69 Å². The third-order valence-corrected chi connectivity index (χ3v) is 3.02. The van der Waals surface area contributed by atoms with Crippen LogP contribution < -0.4 is 5.32 Å². The van der Waals surface area contributed by atoms with Crippen LogP contribution in [-0.2, 0) is 6.54 Å². The monoisotopic (exact) mass is 308 g/mol. The number of benzene rings is 1. The molecule has 1 N–H and O–H groups in total. The van der Waals surface area contributed by atoms with Gasteiger partial charge in [-0.1, -0.05) is 47.1 Å². The molecule has 0 saturated carbocycles. The summed E-state index contributed by atoms with van der Waals surface area (Å²) >= 11 is 3.45. The molecule has 0 aliphatic rings. The number of hydrogen-bond donors (Lipinski definition) is 1. The highest BCUT2D eigenvalue weighted by Crippen LogP contribution is 2.23. The molecule has 1 aromatic heterocycles. The van der Waals surface area contributed by atoms with E-state index >= 15 is 0 Å². The average Bonchev–Trinajstić information content (AvgIpc) is 2.77. The molecule has 1 heterocycles. The normalized spacial score (nSPS) is 11.1. The number of nitrogens with zero attached hydrogens (tertiary/aromatic N) is 1. The number of halogens is 1. The minimum absolute atomic E-state index is 0.640. The van der Waals surface area contributed by atoms with Crippen molar-refractivity contribution in [1.29, 1.82) is 0 Å². The van der Waals surface area contributed by atoms with Gasteiger partial charge >= 0.3 is 0 Å². The van der Waals surface area contributed by atoms with Crippen LogP contribution in [0.2, 0.25) is 0 Å². The Morgan fingerprint density at radius 1 is 1.33 bits per heavy atom. The van der Waals surface area contributed by atoms with Gasteiger partial charge < -0.3 is 9.84 Å². The van der Waals surface area contributed by atoms with Crippen molar-refractivity contribution in [3.05, 3.63) is 40.5 Å². The molecule has 1 aromatic carbocycles. The predicted molar refractivity (Wildman–Crippen MR) is 76.2 cm³/mol. The maximum atomic E-state index is 5.35. The molecular formula is C14H17BrN2O. The van der Waals surface area contributed by atoms with Gasteiger partial charge in [-0.05, 0) is 24.6 Å². The lowest BCUT2D eigenvalue weighted by Gasteiger charge is -2.04. The molecule has 0 fully saturated rings. The van der Waals surface area contributed by atoms with Crippen molar-refractivity contribution in [3.8, 4) is 11.3 Å². The van der Waals surface area contributed by atoms with Gasteiger partial charge in [0.1, 0.15) is 0 Å². The molecule has 0 unspecified atom stereocenters. The Labute approximate surface area is 116 Å². The second-order valence-corrected chi connectivity index (χ2v) is 5.63. The van der Waals surface area contributed by atoms with Crippen LogP contribution in [-0.4, -0.2) is 11.7 Å². The lowest BCUT2D eigenvalue weighted by Crippen LogP contribution is -2.18. The molecule has 2 rings (SSSR count). The fourth-order valence-electron chi connectivity index (χ4n) is 1.66. The summed E-state index contributed by atoms with van der Waals surface area (Å²) in [7, 11) is 0. The lowest BCUT2D eigenvalue weighted by atomic mass is 10.1. The summed E-state index contributed by atoms with van der Waals surface area (Å²) in [4.78, 5) is 0. The number of rotatable bonds is 5. The Morgan fingerprint density at radius 3 is 2.89 bits per heavy atom. The van der Waals surface area contributed by atoms with E-state index in [1.165, 1.54) is 0 Å². The first-order valence-corrected chi connectivity index (χ1v) is 6.86. The zero-order valence-corrected chi connectivity index (χ0v) is 12.2. The van der Waals surface area contributed by atoms with Gasteiger partial charge in [-0.3, -0.25) is 0 Å². The van der Waals surface area contributed by atoms with Gasteiger partial charge in [0.15, 0.2) is 5.76 Å². The summed E-state index contributed by atoms with van der Waals surface area (Å²) in [6.07, 6.45) is 0. The second kappa shape index (κ2) is 6.16. The molecule has 0 radical (unpaired) electrons. The highest BCUT2D eigenvalue weighted by Gasteiger charge is 2.06. The summed E-state index contributed by atoms with van der Waals surface area (Å²) in [6.45, 7) is 6.10. The van der Waals surface area contributed by atoms with Gasteiger partial charge in [-0.15, -0.1) is 0 Å². The Kier molecular flexibility index (Phi) is 4.55. The first-order chi connectivity index (χ1) is 8.65. The first-order valence-electron chi connectivity index (χ1n) is 6.07. The van der Waals surface area contributed by atoms with Gasteiger partial charge in [0.25, 0.3) is 0 Å². The summed E-state index contributed by atoms with van der Waals surface area (Å²) in [5.41, 5.74) is 1.97. The van der Waals surface area contributed by atoms with Crippen LogP contribution >= 0.6 is 15.9 Å². The molecule has 0 saturated heterocycles. The minimum atomic E-state index is 0.640. The molecule has 0 aliphatic carbocycles. The van der Waals surface area contributed by atoms with Crippen LogP contribution in [0, 0.1) is 5.92 Å². The molecule has 0 atom stereocenters. The van der Waals surface area contributed by atoms with Gasteiger partial charge in [0, 0.05) is 22.6 Å². The largest absolute Gasteiger partial charge is 0.356 e. The van der Waals surface area contributed by atoms with Crippen molar-refractivity contribution in [3.63, 3.8) is 0 Å². The van der Waals surface area contributed by atoms with Crippen LogP contribution in [0.1, 0.15) is 19.5 Å². The molecule has 2 aromatic rings. The molecular weight excluding hydrogens is 292 g/mol. The molecule has 96 valence electrons. The van der Waals surface area contributed by atoms with Crippen molar-refractivity contribution < 1.29 is 4.52 Å². The number of nitrogens with one attached hydrogen (secondary N) is 1. The van der Waals surface area contributed by atoms with Crippen molar-refractivity contribution in [2.75, 3.05) is 6.54 Å². The van der Waals surface area contributed by atoms with E-state index in [9.17, 15) is 0 Å². The summed E-state index contributed by atoms with van der Waals surface area (Å²) < 4.78 is 6.39. The summed E-state index contributed by atoms with van der Waals surface area (Å²) in [6, 6.07) is 9.99. The van der Waals surface area contributed by atoms with Gasteiger partial charge in [-0.2, -0.15) is 0 Å². The third-order valence-electron chi connectivity index (χ3n) is 2.53.